The summed E-state index contributed by atoms with van der Waals surface area (Å²) in [5.41, 5.74) is 1.79. The average Bonchev–Trinajstić information content (AvgIpc) is 3.58. The highest BCUT2D eigenvalue weighted by Gasteiger charge is 2.45. The number of morpholine rings is 1. The number of benzene rings is 3. The summed E-state index contributed by atoms with van der Waals surface area (Å²) >= 11 is 12.7. The standard InChI is InChI=1S/C37H44Cl2N6O8S/c1-5-53-30-23-31(50-3)32(54(48,49)41(2)51-4)22-29(30)36-40-34(25-6-10-27(38)11-7-25)35(26-8-12-28(39)13-9-26)45(36)37(47)44-16-14-42(15-17-44)24-33(46)43-18-20-52-21-19-43/h6-13,22-23,34-35H,5,14-21,24H2,1-4H3/t34-,35+/m0/s1. The topological polar surface area (TPSA) is 134 Å². The molecular formula is C37H44Cl2N6O8S. The van der Waals surface area contributed by atoms with E-state index in [2.05, 4.69) is 0 Å². The van der Waals surface area contributed by atoms with Gasteiger partial charge in [0.2, 0.25) is 5.91 Å². The summed E-state index contributed by atoms with van der Waals surface area (Å²) in [6.45, 7) is 6.10. The predicted molar refractivity (Wildman–Crippen MR) is 204 cm³/mol. The van der Waals surface area contributed by atoms with E-state index >= 15 is 4.79 Å². The Kier molecular flexibility index (Phi) is 12.7. The lowest BCUT2D eigenvalue weighted by atomic mass is 9.93. The van der Waals surface area contributed by atoms with E-state index in [-0.39, 0.29) is 52.9 Å². The molecule has 0 spiro atoms. The van der Waals surface area contributed by atoms with E-state index in [1.54, 1.807) is 41.0 Å². The highest BCUT2D eigenvalue weighted by molar-refractivity contribution is 7.89. The van der Waals surface area contributed by atoms with Crippen molar-refractivity contribution in [3.63, 3.8) is 0 Å². The van der Waals surface area contributed by atoms with Crippen molar-refractivity contribution >= 4 is 51.0 Å². The minimum atomic E-state index is -4.25. The quantitative estimate of drug-likeness (QED) is 0.253. The molecule has 0 N–H and O–H groups in total. The van der Waals surface area contributed by atoms with Crippen molar-refractivity contribution in [1.82, 2.24) is 24.1 Å². The molecule has 0 aliphatic carbocycles. The zero-order valence-corrected chi connectivity index (χ0v) is 32.9. The zero-order valence-electron chi connectivity index (χ0n) is 30.6. The molecule has 2 atom stereocenters. The SMILES string of the molecule is CCOc1cc(OC)c(S(=O)(=O)N(C)OC)cc1C1=N[C@@H](c2ccc(Cl)cc2)[C@@H](c2ccc(Cl)cc2)N1C(=O)N1CCN(CC(=O)N2CCOCC2)CC1. The van der Waals surface area contributed by atoms with Gasteiger partial charge in [0.05, 0.1) is 52.2 Å². The Hall–Kier alpha value is -3.96. The van der Waals surface area contributed by atoms with Crippen molar-refractivity contribution in [2.75, 3.05) is 86.9 Å². The molecule has 3 aromatic carbocycles. The largest absolute Gasteiger partial charge is 0.495 e. The van der Waals surface area contributed by atoms with Crippen molar-refractivity contribution in [1.29, 1.82) is 0 Å². The Morgan fingerprint density at radius 2 is 1.48 bits per heavy atom. The Bertz CT molecular complexity index is 1950. The molecule has 54 heavy (non-hydrogen) atoms. The molecule has 6 rings (SSSR count). The maximum absolute atomic E-state index is 15.1. The van der Waals surface area contributed by atoms with Crippen LogP contribution in [-0.4, -0.2) is 137 Å². The number of amidine groups is 1. The number of methoxy groups -OCH3 is 1. The van der Waals surface area contributed by atoms with Crippen LogP contribution in [0.1, 0.15) is 35.7 Å². The average molecular weight is 804 g/mol. The van der Waals surface area contributed by atoms with Crippen LogP contribution in [0.4, 0.5) is 4.79 Å². The first-order valence-corrected chi connectivity index (χ1v) is 19.8. The number of hydroxylamine groups is 1. The smallest absolute Gasteiger partial charge is 0.326 e. The second-order valence-corrected chi connectivity index (χ2v) is 15.7. The summed E-state index contributed by atoms with van der Waals surface area (Å²) in [6, 6.07) is 15.7. The maximum atomic E-state index is 15.1. The number of nitrogens with zero attached hydrogens (tertiary/aromatic N) is 6. The fourth-order valence-electron chi connectivity index (χ4n) is 6.80. The summed E-state index contributed by atoms with van der Waals surface area (Å²) in [6.07, 6.45) is 0. The Labute approximate surface area is 325 Å². The molecule has 3 heterocycles. The fourth-order valence-corrected chi connectivity index (χ4v) is 8.19. The first kappa shape index (κ1) is 39.7. The van der Waals surface area contributed by atoms with Crippen molar-refractivity contribution in [2.45, 2.75) is 23.9 Å². The minimum absolute atomic E-state index is 0.0221. The molecule has 3 amide bonds. The van der Waals surface area contributed by atoms with E-state index in [1.165, 1.54) is 33.4 Å². The molecule has 0 bridgehead atoms. The lowest BCUT2D eigenvalue weighted by molar-refractivity contribution is -0.136. The normalized spacial score (nSPS) is 19.6. The first-order valence-electron chi connectivity index (χ1n) is 17.6. The number of amides is 3. The lowest BCUT2D eigenvalue weighted by Gasteiger charge is -2.39. The summed E-state index contributed by atoms with van der Waals surface area (Å²) in [7, 11) is -0.373. The number of halogens is 2. The monoisotopic (exact) mass is 802 g/mol. The fraction of sp³-hybridized carbons (Fsp3) is 0.432. The van der Waals surface area contributed by atoms with Gasteiger partial charge in [-0.3, -0.25) is 24.4 Å². The molecule has 2 fully saturated rings. The number of ether oxygens (including phenoxy) is 3. The first-order chi connectivity index (χ1) is 26.0. The summed E-state index contributed by atoms with van der Waals surface area (Å²) in [5.74, 6) is 0.526. The number of hydrogen-bond donors (Lipinski definition) is 0. The molecule has 3 aliphatic heterocycles. The molecule has 0 radical (unpaired) electrons. The molecule has 290 valence electrons. The van der Waals surface area contributed by atoms with Crippen LogP contribution in [-0.2, 0) is 24.4 Å². The summed E-state index contributed by atoms with van der Waals surface area (Å²) < 4.78 is 45.3. The van der Waals surface area contributed by atoms with Gasteiger partial charge in [-0.2, -0.15) is 0 Å². The van der Waals surface area contributed by atoms with E-state index in [4.69, 9.17) is 47.2 Å². The van der Waals surface area contributed by atoms with Gasteiger partial charge in [0.1, 0.15) is 28.3 Å². The van der Waals surface area contributed by atoms with Gasteiger partial charge >= 0.3 is 6.03 Å². The minimum Gasteiger partial charge on any atom is -0.495 e. The van der Waals surface area contributed by atoms with Crippen LogP contribution in [0.15, 0.2) is 70.6 Å². The molecule has 17 heteroatoms. The van der Waals surface area contributed by atoms with E-state index in [0.717, 1.165) is 15.6 Å². The van der Waals surface area contributed by atoms with Gasteiger partial charge in [-0.05, 0) is 48.4 Å². The number of rotatable bonds is 11. The number of carbonyl (C=O) groups excluding carboxylic acids is 2. The number of piperazine rings is 1. The molecule has 3 aromatic rings. The Balaban J connectivity index is 1.45. The van der Waals surface area contributed by atoms with Crippen LogP contribution in [0.3, 0.4) is 0 Å². The number of aliphatic imine (C=N–C) groups is 1. The van der Waals surface area contributed by atoms with Crippen LogP contribution >= 0.6 is 23.2 Å². The summed E-state index contributed by atoms with van der Waals surface area (Å²) in [5, 5.41) is 1.06. The van der Waals surface area contributed by atoms with Gasteiger partial charge in [0.15, 0.2) is 0 Å². The van der Waals surface area contributed by atoms with Gasteiger partial charge in [-0.1, -0.05) is 51.9 Å². The molecule has 2 saturated heterocycles. The third-order valence-corrected chi connectivity index (χ3v) is 11.9. The van der Waals surface area contributed by atoms with Crippen LogP contribution < -0.4 is 9.47 Å². The van der Waals surface area contributed by atoms with Crippen molar-refractivity contribution in [3.05, 3.63) is 87.4 Å². The number of carbonyl (C=O) groups is 2. The van der Waals surface area contributed by atoms with Gasteiger partial charge in [0.25, 0.3) is 10.0 Å². The van der Waals surface area contributed by atoms with Crippen LogP contribution in [0.25, 0.3) is 0 Å². The molecule has 0 aromatic heterocycles. The number of urea groups is 1. The Morgan fingerprint density at radius 3 is 2.06 bits per heavy atom. The van der Waals surface area contributed by atoms with Gasteiger partial charge in [-0.15, -0.1) is 0 Å². The summed E-state index contributed by atoms with van der Waals surface area (Å²) in [4.78, 5) is 45.4. The lowest BCUT2D eigenvalue weighted by Crippen LogP contribution is -2.56. The van der Waals surface area contributed by atoms with Gasteiger partial charge in [0, 0.05) is 62.4 Å². The van der Waals surface area contributed by atoms with Crippen molar-refractivity contribution < 1.29 is 37.1 Å². The third kappa shape index (κ3) is 8.32. The highest BCUT2D eigenvalue weighted by atomic mass is 35.5. The van der Waals surface area contributed by atoms with Crippen LogP contribution in [0, 0.1) is 0 Å². The van der Waals surface area contributed by atoms with Crippen molar-refractivity contribution in [2.24, 2.45) is 4.99 Å². The molecule has 14 nitrogen and oxygen atoms in total. The second kappa shape index (κ2) is 17.2. The van der Waals surface area contributed by atoms with Crippen LogP contribution in [0.5, 0.6) is 11.5 Å². The van der Waals surface area contributed by atoms with Gasteiger partial charge in [-0.25, -0.2) is 13.2 Å². The zero-order chi connectivity index (χ0) is 38.6. The maximum Gasteiger partial charge on any atom is 0.326 e. The van der Waals surface area contributed by atoms with E-state index in [1.807, 2.05) is 34.1 Å². The molecular weight excluding hydrogens is 759 g/mol. The van der Waals surface area contributed by atoms with E-state index in [9.17, 15) is 13.2 Å². The number of sulfonamides is 1. The van der Waals surface area contributed by atoms with Crippen molar-refractivity contribution in [3.8, 4) is 11.5 Å². The number of hydrogen-bond acceptors (Lipinski definition) is 10. The van der Waals surface area contributed by atoms with E-state index in [0.29, 0.717) is 62.5 Å². The Morgan fingerprint density at radius 1 is 0.870 bits per heavy atom. The molecule has 3 aliphatic rings. The molecule has 0 saturated carbocycles. The predicted octanol–water partition coefficient (Wildman–Crippen LogP) is 4.72. The second-order valence-electron chi connectivity index (χ2n) is 12.9. The van der Waals surface area contributed by atoms with Crippen LogP contribution in [0.2, 0.25) is 10.0 Å². The third-order valence-electron chi connectivity index (χ3n) is 9.74. The highest BCUT2D eigenvalue weighted by Crippen LogP contribution is 2.46. The molecule has 0 unspecified atom stereocenters. The van der Waals surface area contributed by atoms with Gasteiger partial charge < -0.3 is 24.0 Å². The van der Waals surface area contributed by atoms with E-state index < -0.39 is 22.1 Å².